The van der Waals surface area contributed by atoms with Gasteiger partial charge in [-0.05, 0) is 19.4 Å². The highest BCUT2D eigenvalue weighted by molar-refractivity contribution is 5.67. The number of nitrogens with two attached hydrogens (primary N) is 1. The van der Waals surface area contributed by atoms with Crippen molar-refractivity contribution in [1.29, 1.82) is 0 Å². The van der Waals surface area contributed by atoms with E-state index >= 15 is 0 Å². The van der Waals surface area contributed by atoms with E-state index in [2.05, 4.69) is 0 Å². The number of rotatable bonds is 8. The van der Waals surface area contributed by atoms with Crippen LogP contribution in [0, 0.1) is 0 Å². The molecule has 0 aromatic rings. The van der Waals surface area contributed by atoms with Gasteiger partial charge in [0.05, 0.1) is 0 Å². The topological polar surface area (TPSA) is 72.5 Å². The minimum Gasteiger partial charge on any atom is -0.480 e. The van der Waals surface area contributed by atoms with Crippen LogP contribution in [0.15, 0.2) is 0 Å². The lowest BCUT2D eigenvalue weighted by Crippen LogP contribution is -2.07. The van der Waals surface area contributed by atoms with Crippen LogP contribution in [-0.4, -0.2) is 30.8 Å². The van der Waals surface area contributed by atoms with E-state index in [0.717, 1.165) is 32.2 Å². The van der Waals surface area contributed by atoms with Crippen molar-refractivity contribution < 1.29 is 14.6 Å². The van der Waals surface area contributed by atoms with Gasteiger partial charge in [-0.25, -0.2) is 4.79 Å². The van der Waals surface area contributed by atoms with E-state index in [0.29, 0.717) is 6.61 Å². The molecule has 0 aliphatic rings. The molecule has 4 heteroatoms. The highest BCUT2D eigenvalue weighted by Crippen LogP contribution is 1.98. The molecule has 0 radical (unpaired) electrons. The fourth-order valence-corrected chi connectivity index (χ4v) is 0.861. The highest BCUT2D eigenvalue weighted by atomic mass is 16.5. The summed E-state index contributed by atoms with van der Waals surface area (Å²) in [6.07, 6.45) is 4.13. The van der Waals surface area contributed by atoms with E-state index < -0.39 is 5.97 Å². The second-order valence-corrected chi connectivity index (χ2v) is 2.65. The average Bonchev–Trinajstić information content (AvgIpc) is 2.02. The van der Waals surface area contributed by atoms with Gasteiger partial charge in [0.25, 0.3) is 0 Å². The van der Waals surface area contributed by atoms with Crippen LogP contribution in [0.4, 0.5) is 0 Å². The Hall–Kier alpha value is -0.610. The van der Waals surface area contributed by atoms with Gasteiger partial charge in [-0.3, -0.25) is 0 Å². The zero-order valence-electron chi connectivity index (χ0n) is 7.29. The number of ether oxygens (including phenoxy) is 1. The van der Waals surface area contributed by atoms with Crippen molar-refractivity contribution in [3.63, 3.8) is 0 Å². The normalized spacial score (nSPS) is 10.1. The molecule has 12 heavy (non-hydrogen) atoms. The van der Waals surface area contributed by atoms with Gasteiger partial charge < -0.3 is 15.6 Å². The molecule has 0 aliphatic carbocycles. The van der Waals surface area contributed by atoms with E-state index in [9.17, 15) is 4.79 Å². The minimum absolute atomic E-state index is 0.184. The van der Waals surface area contributed by atoms with Crippen LogP contribution in [0.3, 0.4) is 0 Å². The van der Waals surface area contributed by atoms with Crippen LogP contribution in [0.1, 0.15) is 25.7 Å². The molecule has 0 unspecified atom stereocenters. The van der Waals surface area contributed by atoms with Crippen LogP contribution in [0.5, 0.6) is 0 Å². The first-order valence-corrected chi connectivity index (χ1v) is 4.27. The Morgan fingerprint density at radius 1 is 1.25 bits per heavy atom. The second kappa shape index (κ2) is 8.49. The summed E-state index contributed by atoms with van der Waals surface area (Å²) in [7, 11) is 0. The van der Waals surface area contributed by atoms with Gasteiger partial charge in [0.1, 0.15) is 6.61 Å². The Kier molecular flexibility index (Phi) is 8.05. The third-order valence-electron chi connectivity index (χ3n) is 1.47. The number of carbonyl (C=O) groups is 1. The highest BCUT2D eigenvalue weighted by Gasteiger charge is 1.95. The largest absolute Gasteiger partial charge is 0.480 e. The summed E-state index contributed by atoms with van der Waals surface area (Å²) in [6.45, 7) is 1.09. The van der Waals surface area contributed by atoms with E-state index in [1.54, 1.807) is 0 Å². The lowest BCUT2D eigenvalue weighted by Gasteiger charge is -2.00. The number of aliphatic carboxylic acids is 1. The van der Waals surface area contributed by atoms with Gasteiger partial charge in [0.15, 0.2) is 0 Å². The zero-order valence-corrected chi connectivity index (χ0v) is 7.29. The zero-order chi connectivity index (χ0) is 9.23. The van der Waals surface area contributed by atoms with E-state index in [1.807, 2.05) is 0 Å². The molecule has 0 aromatic carbocycles. The van der Waals surface area contributed by atoms with Crippen molar-refractivity contribution in [2.75, 3.05) is 19.8 Å². The van der Waals surface area contributed by atoms with E-state index in [-0.39, 0.29) is 6.61 Å². The molecule has 0 rings (SSSR count). The lowest BCUT2D eigenvalue weighted by molar-refractivity contribution is -0.142. The Labute approximate surface area is 72.7 Å². The quantitative estimate of drug-likeness (QED) is 0.530. The van der Waals surface area contributed by atoms with Gasteiger partial charge in [0.2, 0.25) is 0 Å². The third kappa shape index (κ3) is 9.39. The van der Waals surface area contributed by atoms with Gasteiger partial charge >= 0.3 is 5.97 Å². The van der Waals surface area contributed by atoms with Gasteiger partial charge in [-0.1, -0.05) is 12.8 Å². The van der Waals surface area contributed by atoms with Gasteiger partial charge in [-0.15, -0.1) is 0 Å². The molecule has 0 saturated heterocycles. The summed E-state index contributed by atoms with van der Waals surface area (Å²) in [5.74, 6) is -0.906. The standard InChI is InChI=1S/C8H17NO3/c9-5-3-1-2-4-6-12-7-8(10)11/h1-7,9H2,(H,10,11). The van der Waals surface area contributed by atoms with Crippen LogP contribution in [0.25, 0.3) is 0 Å². The second-order valence-electron chi connectivity index (χ2n) is 2.65. The van der Waals surface area contributed by atoms with E-state index in [1.165, 1.54) is 0 Å². The summed E-state index contributed by atoms with van der Waals surface area (Å²) >= 11 is 0. The summed E-state index contributed by atoms with van der Waals surface area (Å²) in [5, 5.41) is 8.21. The first kappa shape index (κ1) is 11.4. The molecule has 0 spiro atoms. The molecule has 3 N–H and O–H groups in total. The molecular weight excluding hydrogens is 158 g/mol. The maximum absolute atomic E-state index is 9.99. The number of hydrogen-bond donors (Lipinski definition) is 2. The SMILES string of the molecule is NCCCCCCOCC(=O)O. The van der Waals surface area contributed by atoms with Crippen molar-refractivity contribution in [3.8, 4) is 0 Å². The van der Waals surface area contributed by atoms with Crippen molar-refractivity contribution in [3.05, 3.63) is 0 Å². The fraction of sp³-hybridized carbons (Fsp3) is 0.875. The number of unbranched alkanes of at least 4 members (excludes halogenated alkanes) is 3. The first-order valence-electron chi connectivity index (χ1n) is 4.27. The Bertz CT molecular complexity index is 117. The Morgan fingerprint density at radius 3 is 2.50 bits per heavy atom. The van der Waals surface area contributed by atoms with Crippen LogP contribution in [-0.2, 0) is 9.53 Å². The van der Waals surface area contributed by atoms with Gasteiger partial charge in [-0.2, -0.15) is 0 Å². The summed E-state index contributed by atoms with van der Waals surface area (Å²) < 4.78 is 4.84. The van der Waals surface area contributed by atoms with Crippen LogP contribution >= 0.6 is 0 Å². The first-order chi connectivity index (χ1) is 5.77. The molecule has 0 amide bonds. The van der Waals surface area contributed by atoms with Crippen molar-refractivity contribution >= 4 is 5.97 Å². The third-order valence-corrected chi connectivity index (χ3v) is 1.47. The summed E-state index contributed by atoms with van der Waals surface area (Å²) in [6, 6.07) is 0. The molecule has 0 saturated carbocycles. The molecule has 4 nitrogen and oxygen atoms in total. The monoisotopic (exact) mass is 175 g/mol. The van der Waals surface area contributed by atoms with Crippen molar-refractivity contribution in [1.82, 2.24) is 0 Å². The van der Waals surface area contributed by atoms with Gasteiger partial charge in [0, 0.05) is 6.61 Å². The predicted molar refractivity (Wildman–Crippen MR) is 46.0 cm³/mol. The molecule has 0 heterocycles. The minimum atomic E-state index is -0.906. The van der Waals surface area contributed by atoms with Crippen LogP contribution in [0.2, 0.25) is 0 Å². The molecular formula is C8H17NO3. The average molecular weight is 175 g/mol. The molecule has 0 aliphatic heterocycles. The number of carboxylic acids is 1. The molecule has 0 fully saturated rings. The Balaban J connectivity index is 2.86. The van der Waals surface area contributed by atoms with E-state index in [4.69, 9.17) is 15.6 Å². The van der Waals surface area contributed by atoms with Crippen LogP contribution < -0.4 is 5.73 Å². The summed E-state index contributed by atoms with van der Waals surface area (Å²) in [4.78, 5) is 9.99. The van der Waals surface area contributed by atoms with Crippen molar-refractivity contribution in [2.45, 2.75) is 25.7 Å². The number of carboxylic acid groups (broad SMARTS) is 1. The predicted octanol–water partition coefficient (Wildman–Crippen LogP) is 0.607. The molecule has 0 aromatic heterocycles. The Morgan fingerprint density at radius 2 is 1.92 bits per heavy atom. The fourth-order valence-electron chi connectivity index (χ4n) is 0.861. The van der Waals surface area contributed by atoms with Crippen molar-refractivity contribution in [2.24, 2.45) is 5.73 Å². The molecule has 72 valence electrons. The maximum atomic E-state index is 9.99. The summed E-state index contributed by atoms with van der Waals surface area (Å²) in [5.41, 5.74) is 5.30. The molecule has 0 bridgehead atoms. The maximum Gasteiger partial charge on any atom is 0.329 e. The smallest absolute Gasteiger partial charge is 0.329 e. The lowest BCUT2D eigenvalue weighted by atomic mass is 10.2. The number of hydrogen-bond acceptors (Lipinski definition) is 3. The molecule has 0 atom stereocenters.